The standard InChI is InChI=1S/C21H27ClN2O4.C2H6/c1-7-28-20(26)16-12-24(9-8-17(16)25)21(5,13(2)3)11-15-10-18(27-6)19(22)23-14(15)4;1-2/h8-10,12-13H,7,11H2,1-6H3;1-2H3. The molecule has 30 heavy (non-hydrogen) atoms. The van der Waals surface area contributed by atoms with Crippen molar-refractivity contribution < 1.29 is 14.3 Å². The van der Waals surface area contributed by atoms with Crippen LogP contribution in [0.15, 0.2) is 29.3 Å². The van der Waals surface area contributed by atoms with E-state index in [1.165, 1.54) is 6.07 Å². The smallest absolute Gasteiger partial charge is 0.343 e. The Morgan fingerprint density at radius 1 is 1.33 bits per heavy atom. The van der Waals surface area contributed by atoms with Crippen LogP contribution in [-0.4, -0.2) is 29.2 Å². The van der Waals surface area contributed by atoms with Crippen molar-refractivity contribution in [3.05, 3.63) is 56.7 Å². The van der Waals surface area contributed by atoms with Gasteiger partial charge in [0.05, 0.1) is 13.7 Å². The molecule has 0 radical (unpaired) electrons. The third kappa shape index (κ3) is 5.63. The van der Waals surface area contributed by atoms with E-state index in [-0.39, 0.29) is 23.5 Å². The van der Waals surface area contributed by atoms with Gasteiger partial charge in [-0.2, -0.15) is 0 Å². The number of carbonyl (C=O) groups is 1. The van der Waals surface area contributed by atoms with Gasteiger partial charge in [-0.3, -0.25) is 4.79 Å². The number of ether oxygens (including phenoxy) is 2. The second-order valence-corrected chi connectivity index (χ2v) is 7.62. The number of carbonyl (C=O) groups excluding carboxylic acids is 1. The van der Waals surface area contributed by atoms with Gasteiger partial charge in [-0.15, -0.1) is 0 Å². The summed E-state index contributed by atoms with van der Waals surface area (Å²) in [6.07, 6.45) is 3.90. The quantitative estimate of drug-likeness (QED) is 0.449. The molecule has 0 aliphatic rings. The van der Waals surface area contributed by atoms with Crippen LogP contribution < -0.4 is 10.2 Å². The van der Waals surface area contributed by atoms with Crippen molar-refractivity contribution in [1.29, 1.82) is 0 Å². The number of aromatic nitrogens is 2. The molecule has 0 amide bonds. The Labute approximate surface area is 184 Å². The predicted octanol–water partition coefficient (Wildman–Crippen LogP) is 5.03. The van der Waals surface area contributed by atoms with Gasteiger partial charge in [-0.1, -0.05) is 39.3 Å². The van der Waals surface area contributed by atoms with Crippen LogP contribution >= 0.6 is 11.6 Å². The minimum absolute atomic E-state index is 0.0276. The Bertz CT molecular complexity index is 924. The highest BCUT2D eigenvalue weighted by Crippen LogP contribution is 2.33. The summed E-state index contributed by atoms with van der Waals surface area (Å²) in [6.45, 7) is 14.1. The van der Waals surface area contributed by atoms with E-state index < -0.39 is 11.5 Å². The van der Waals surface area contributed by atoms with Crippen molar-refractivity contribution in [2.45, 2.75) is 60.4 Å². The summed E-state index contributed by atoms with van der Waals surface area (Å²) < 4.78 is 12.2. The SMILES string of the molecule is CC.CCOC(=O)c1cn(C(C)(Cc2cc(OC)c(Cl)nc2C)C(C)C)ccc1=O. The Morgan fingerprint density at radius 3 is 2.50 bits per heavy atom. The molecule has 1 unspecified atom stereocenters. The zero-order valence-electron chi connectivity index (χ0n) is 19.2. The van der Waals surface area contributed by atoms with E-state index in [1.54, 1.807) is 26.4 Å². The van der Waals surface area contributed by atoms with Crippen molar-refractivity contribution in [1.82, 2.24) is 9.55 Å². The van der Waals surface area contributed by atoms with Gasteiger partial charge in [-0.25, -0.2) is 9.78 Å². The molecule has 7 heteroatoms. The molecule has 0 aromatic carbocycles. The van der Waals surface area contributed by atoms with Crippen LogP contribution in [0.3, 0.4) is 0 Å². The van der Waals surface area contributed by atoms with Crippen LogP contribution in [0.1, 0.15) is 63.2 Å². The summed E-state index contributed by atoms with van der Waals surface area (Å²) in [5.41, 5.74) is 1.03. The first kappa shape index (κ1) is 25.7. The maximum Gasteiger partial charge on any atom is 0.343 e. The molecule has 0 aliphatic heterocycles. The largest absolute Gasteiger partial charge is 0.494 e. The molecule has 0 aliphatic carbocycles. The van der Waals surface area contributed by atoms with Gasteiger partial charge in [0.2, 0.25) is 0 Å². The monoisotopic (exact) mass is 436 g/mol. The zero-order valence-corrected chi connectivity index (χ0v) is 20.0. The third-order valence-corrected chi connectivity index (χ3v) is 5.53. The van der Waals surface area contributed by atoms with Crippen molar-refractivity contribution in [3.63, 3.8) is 0 Å². The summed E-state index contributed by atoms with van der Waals surface area (Å²) in [5.74, 6) is 0.0885. The van der Waals surface area contributed by atoms with Gasteiger partial charge in [0.1, 0.15) is 5.56 Å². The Hall–Kier alpha value is -2.34. The highest BCUT2D eigenvalue weighted by atomic mass is 35.5. The summed E-state index contributed by atoms with van der Waals surface area (Å²) in [7, 11) is 1.55. The van der Waals surface area contributed by atoms with Crippen molar-refractivity contribution >= 4 is 17.6 Å². The number of aryl methyl sites for hydroxylation is 1. The van der Waals surface area contributed by atoms with Crippen molar-refractivity contribution in [3.8, 4) is 5.75 Å². The van der Waals surface area contributed by atoms with E-state index in [0.29, 0.717) is 17.3 Å². The predicted molar refractivity (Wildman–Crippen MR) is 121 cm³/mol. The van der Waals surface area contributed by atoms with Crippen LogP contribution in [0, 0.1) is 12.8 Å². The lowest BCUT2D eigenvalue weighted by Gasteiger charge is -2.37. The molecule has 1 atom stereocenters. The third-order valence-electron chi connectivity index (χ3n) is 5.26. The van der Waals surface area contributed by atoms with Crippen LogP contribution in [0.2, 0.25) is 5.15 Å². The first-order valence-electron chi connectivity index (χ1n) is 10.2. The molecule has 0 bridgehead atoms. The zero-order chi connectivity index (χ0) is 23.1. The van der Waals surface area contributed by atoms with Gasteiger partial charge >= 0.3 is 5.97 Å². The van der Waals surface area contributed by atoms with Gasteiger partial charge in [-0.05, 0) is 44.7 Å². The number of halogens is 1. The summed E-state index contributed by atoms with van der Waals surface area (Å²) >= 11 is 6.13. The maximum atomic E-state index is 12.2. The van der Waals surface area contributed by atoms with Gasteiger partial charge in [0, 0.05) is 29.7 Å². The fourth-order valence-corrected chi connectivity index (χ4v) is 3.32. The van der Waals surface area contributed by atoms with Gasteiger partial charge in [0.25, 0.3) is 0 Å². The first-order valence-corrected chi connectivity index (χ1v) is 10.6. The molecule has 0 fully saturated rings. The summed E-state index contributed by atoms with van der Waals surface area (Å²) in [4.78, 5) is 28.7. The Morgan fingerprint density at radius 2 is 1.97 bits per heavy atom. The van der Waals surface area contributed by atoms with E-state index in [2.05, 4.69) is 25.8 Å². The number of hydrogen-bond donors (Lipinski definition) is 0. The van der Waals surface area contributed by atoms with Crippen LogP contribution in [0.25, 0.3) is 0 Å². The highest BCUT2D eigenvalue weighted by Gasteiger charge is 2.32. The number of methoxy groups -OCH3 is 1. The summed E-state index contributed by atoms with van der Waals surface area (Å²) in [6, 6.07) is 3.29. The summed E-state index contributed by atoms with van der Waals surface area (Å²) in [5, 5.41) is 0.322. The average Bonchev–Trinajstić information content (AvgIpc) is 2.71. The maximum absolute atomic E-state index is 12.2. The number of rotatable bonds is 7. The normalized spacial score (nSPS) is 12.6. The van der Waals surface area contributed by atoms with Gasteiger partial charge in [0.15, 0.2) is 16.3 Å². The molecule has 6 nitrogen and oxygen atoms in total. The minimum atomic E-state index is -0.612. The molecule has 0 saturated carbocycles. The molecule has 0 saturated heterocycles. The van der Waals surface area contributed by atoms with Crippen molar-refractivity contribution in [2.75, 3.05) is 13.7 Å². The number of pyridine rings is 2. The minimum Gasteiger partial charge on any atom is -0.494 e. The molecule has 2 rings (SSSR count). The molecule has 2 heterocycles. The van der Waals surface area contributed by atoms with Gasteiger partial charge < -0.3 is 14.0 Å². The topological polar surface area (TPSA) is 70.4 Å². The van der Waals surface area contributed by atoms with Crippen molar-refractivity contribution in [2.24, 2.45) is 5.92 Å². The number of nitrogens with zero attached hydrogens (tertiary/aromatic N) is 2. The molecule has 2 aromatic rings. The average molecular weight is 437 g/mol. The number of esters is 1. The van der Waals surface area contributed by atoms with Crippen LogP contribution in [0.4, 0.5) is 0 Å². The lowest BCUT2D eigenvalue weighted by Crippen LogP contribution is -2.39. The molecule has 0 spiro atoms. The van der Waals surface area contributed by atoms with E-state index in [4.69, 9.17) is 21.1 Å². The van der Waals surface area contributed by atoms with Crippen LogP contribution in [-0.2, 0) is 16.7 Å². The van der Waals surface area contributed by atoms with E-state index in [9.17, 15) is 9.59 Å². The molecular formula is C23H33ClN2O4. The number of hydrogen-bond acceptors (Lipinski definition) is 5. The van der Waals surface area contributed by atoms with E-state index in [1.807, 2.05) is 31.4 Å². The lowest BCUT2D eigenvalue weighted by atomic mass is 9.81. The highest BCUT2D eigenvalue weighted by molar-refractivity contribution is 6.30. The molecule has 0 N–H and O–H groups in total. The Kier molecular flexibility index (Phi) is 9.56. The fraction of sp³-hybridized carbons (Fsp3) is 0.522. The van der Waals surface area contributed by atoms with E-state index in [0.717, 1.165) is 11.3 Å². The molecule has 2 aromatic heterocycles. The molecular weight excluding hydrogens is 404 g/mol. The van der Waals surface area contributed by atoms with Crippen LogP contribution in [0.5, 0.6) is 5.75 Å². The van der Waals surface area contributed by atoms with E-state index >= 15 is 0 Å². The second-order valence-electron chi connectivity index (χ2n) is 7.27. The first-order chi connectivity index (χ1) is 14.1. The molecule has 166 valence electrons. The fourth-order valence-electron chi connectivity index (χ4n) is 3.06. The second kappa shape index (κ2) is 11.2. The lowest BCUT2D eigenvalue weighted by molar-refractivity contribution is 0.0522. The Balaban J connectivity index is 0.00000218.